The van der Waals surface area contributed by atoms with Crippen LogP contribution in [-0.2, 0) is 6.42 Å². The highest BCUT2D eigenvalue weighted by atomic mass is 35.5. The molecule has 0 saturated carbocycles. The van der Waals surface area contributed by atoms with Gasteiger partial charge >= 0.3 is 0 Å². The molecule has 0 spiro atoms. The quantitative estimate of drug-likeness (QED) is 0.608. The lowest BCUT2D eigenvalue weighted by Crippen LogP contribution is -1.82. The number of halogens is 3. The molecule has 11 heavy (non-hydrogen) atoms. The Balaban J connectivity index is 3.25. The van der Waals surface area contributed by atoms with Crippen molar-refractivity contribution in [3.05, 3.63) is 32.8 Å². The van der Waals surface area contributed by atoms with Gasteiger partial charge in [0.25, 0.3) is 0 Å². The Labute approximate surface area is 81.1 Å². The fourth-order valence-corrected chi connectivity index (χ4v) is 1.53. The standard InChI is InChI=1S/C8H7Cl3/c1-2-5-3-4-6(9)8(11)7(5)10/h3-4H,2H2,1H3. The smallest absolute Gasteiger partial charge is 0.0781 e. The van der Waals surface area contributed by atoms with E-state index >= 15 is 0 Å². The van der Waals surface area contributed by atoms with Crippen molar-refractivity contribution in [3.8, 4) is 0 Å². The van der Waals surface area contributed by atoms with E-state index in [1.165, 1.54) is 0 Å². The summed E-state index contributed by atoms with van der Waals surface area (Å²) < 4.78 is 0. The van der Waals surface area contributed by atoms with Gasteiger partial charge in [0.1, 0.15) is 0 Å². The van der Waals surface area contributed by atoms with Crippen LogP contribution in [-0.4, -0.2) is 0 Å². The molecule has 0 aliphatic rings. The fourth-order valence-electron chi connectivity index (χ4n) is 0.839. The molecule has 0 unspecified atom stereocenters. The van der Waals surface area contributed by atoms with Gasteiger partial charge in [0.2, 0.25) is 0 Å². The lowest BCUT2D eigenvalue weighted by Gasteiger charge is -2.03. The second-order valence-corrected chi connectivity index (χ2v) is 3.35. The Morgan fingerprint density at radius 3 is 2.27 bits per heavy atom. The average Bonchev–Trinajstić information content (AvgIpc) is 2.01. The minimum atomic E-state index is 0.452. The summed E-state index contributed by atoms with van der Waals surface area (Å²) in [4.78, 5) is 0. The van der Waals surface area contributed by atoms with Gasteiger partial charge in [0.15, 0.2) is 0 Å². The second-order valence-electron chi connectivity index (χ2n) is 2.19. The number of hydrogen-bond donors (Lipinski definition) is 0. The van der Waals surface area contributed by atoms with Crippen molar-refractivity contribution in [2.45, 2.75) is 13.3 Å². The van der Waals surface area contributed by atoms with Gasteiger partial charge < -0.3 is 0 Å². The molecule has 1 rings (SSSR count). The van der Waals surface area contributed by atoms with Crippen LogP contribution in [0.4, 0.5) is 0 Å². The van der Waals surface area contributed by atoms with Gasteiger partial charge in [-0.05, 0) is 18.1 Å². The molecule has 0 N–H and O–H groups in total. The zero-order valence-electron chi connectivity index (χ0n) is 6.00. The summed E-state index contributed by atoms with van der Waals surface area (Å²) in [6.07, 6.45) is 0.871. The predicted octanol–water partition coefficient (Wildman–Crippen LogP) is 4.21. The van der Waals surface area contributed by atoms with Gasteiger partial charge in [-0.1, -0.05) is 47.8 Å². The molecular weight excluding hydrogens is 202 g/mol. The molecule has 3 heteroatoms. The Kier molecular flexibility index (Phi) is 3.06. The van der Waals surface area contributed by atoms with E-state index in [9.17, 15) is 0 Å². The van der Waals surface area contributed by atoms with E-state index in [-0.39, 0.29) is 0 Å². The first-order valence-electron chi connectivity index (χ1n) is 3.29. The van der Waals surface area contributed by atoms with Gasteiger partial charge in [-0.15, -0.1) is 0 Å². The third-order valence-corrected chi connectivity index (χ3v) is 2.83. The highest BCUT2D eigenvalue weighted by molar-refractivity contribution is 6.48. The molecule has 0 aliphatic carbocycles. The van der Waals surface area contributed by atoms with Crippen LogP contribution in [0.2, 0.25) is 15.1 Å². The second kappa shape index (κ2) is 3.66. The van der Waals surface area contributed by atoms with Crippen LogP contribution in [0.1, 0.15) is 12.5 Å². The summed E-state index contributed by atoms with van der Waals surface area (Å²) in [6, 6.07) is 3.64. The summed E-state index contributed by atoms with van der Waals surface area (Å²) in [5.74, 6) is 0. The molecule has 1 aromatic rings. The SMILES string of the molecule is CCc1ccc(Cl)c(Cl)c1Cl. The maximum atomic E-state index is 5.88. The molecule has 0 amide bonds. The first-order valence-corrected chi connectivity index (χ1v) is 4.42. The van der Waals surface area contributed by atoms with Crippen LogP contribution < -0.4 is 0 Å². The summed E-state index contributed by atoms with van der Waals surface area (Å²) in [5, 5.41) is 1.53. The van der Waals surface area contributed by atoms with Gasteiger partial charge in [-0.25, -0.2) is 0 Å². The summed E-state index contributed by atoms with van der Waals surface area (Å²) in [5.41, 5.74) is 1.03. The first-order chi connectivity index (χ1) is 5.16. The highest BCUT2D eigenvalue weighted by Gasteiger charge is 2.05. The molecule has 0 aliphatic heterocycles. The Morgan fingerprint density at radius 1 is 1.09 bits per heavy atom. The monoisotopic (exact) mass is 208 g/mol. The van der Waals surface area contributed by atoms with Crippen molar-refractivity contribution >= 4 is 34.8 Å². The molecule has 0 bridgehead atoms. The Hall–Kier alpha value is 0.0900. The van der Waals surface area contributed by atoms with E-state index < -0.39 is 0 Å². The van der Waals surface area contributed by atoms with E-state index in [0.29, 0.717) is 15.1 Å². The molecule has 0 fully saturated rings. The van der Waals surface area contributed by atoms with E-state index in [2.05, 4.69) is 0 Å². The molecule has 0 saturated heterocycles. The molecular formula is C8H7Cl3. The van der Waals surface area contributed by atoms with Crippen molar-refractivity contribution < 1.29 is 0 Å². The zero-order chi connectivity index (χ0) is 8.43. The highest BCUT2D eigenvalue weighted by Crippen LogP contribution is 2.32. The van der Waals surface area contributed by atoms with Crippen LogP contribution in [0.3, 0.4) is 0 Å². The van der Waals surface area contributed by atoms with Crippen LogP contribution in [0.15, 0.2) is 12.1 Å². The van der Waals surface area contributed by atoms with Gasteiger partial charge in [-0.2, -0.15) is 0 Å². The van der Waals surface area contributed by atoms with Crippen LogP contribution in [0.5, 0.6) is 0 Å². The topological polar surface area (TPSA) is 0 Å². The van der Waals surface area contributed by atoms with Crippen molar-refractivity contribution in [1.82, 2.24) is 0 Å². The van der Waals surface area contributed by atoms with Crippen LogP contribution >= 0.6 is 34.8 Å². The number of aryl methyl sites for hydroxylation is 1. The lowest BCUT2D eigenvalue weighted by atomic mass is 10.2. The van der Waals surface area contributed by atoms with Gasteiger partial charge in [-0.3, -0.25) is 0 Å². The number of benzene rings is 1. The molecule has 60 valence electrons. The number of hydrogen-bond acceptors (Lipinski definition) is 0. The summed E-state index contributed by atoms with van der Waals surface area (Å²) in [7, 11) is 0. The molecule has 0 atom stereocenters. The van der Waals surface area contributed by atoms with Gasteiger partial charge in [0, 0.05) is 0 Å². The molecule has 0 nitrogen and oxygen atoms in total. The minimum Gasteiger partial charge on any atom is -0.0827 e. The van der Waals surface area contributed by atoms with E-state index in [1.54, 1.807) is 6.07 Å². The fraction of sp³-hybridized carbons (Fsp3) is 0.250. The zero-order valence-corrected chi connectivity index (χ0v) is 8.26. The Morgan fingerprint density at radius 2 is 1.73 bits per heavy atom. The van der Waals surface area contributed by atoms with Crippen molar-refractivity contribution in [2.24, 2.45) is 0 Å². The lowest BCUT2D eigenvalue weighted by molar-refractivity contribution is 1.14. The van der Waals surface area contributed by atoms with Crippen molar-refractivity contribution in [1.29, 1.82) is 0 Å². The minimum absolute atomic E-state index is 0.452. The van der Waals surface area contributed by atoms with E-state index in [1.807, 2.05) is 13.0 Å². The normalized spacial score (nSPS) is 10.2. The molecule has 0 heterocycles. The van der Waals surface area contributed by atoms with Gasteiger partial charge in [0.05, 0.1) is 15.1 Å². The average molecular weight is 210 g/mol. The number of rotatable bonds is 1. The maximum Gasteiger partial charge on any atom is 0.0781 e. The summed E-state index contributed by atoms with van der Waals surface area (Å²) >= 11 is 17.4. The Bertz CT molecular complexity index is 268. The van der Waals surface area contributed by atoms with Crippen molar-refractivity contribution in [3.63, 3.8) is 0 Å². The molecule has 1 aromatic carbocycles. The van der Waals surface area contributed by atoms with E-state index in [0.717, 1.165) is 12.0 Å². The third kappa shape index (κ3) is 1.81. The largest absolute Gasteiger partial charge is 0.0827 e. The van der Waals surface area contributed by atoms with Crippen LogP contribution in [0, 0.1) is 0 Å². The molecule has 0 aromatic heterocycles. The van der Waals surface area contributed by atoms with Crippen molar-refractivity contribution in [2.75, 3.05) is 0 Å². The third-order valence-electron chi connectivity index (χ3n) is 1.50. The molecule has 0 radical (unpaired) electrons. The predicted molar refractivity (Wildman–Crippen MR) is 50.9 cm³/mol. The van der Waals surface area contributed by atoms with E-state index in [4.69, 9.17) is 34.8 Å². The maximum absolute atomic E-state index is 5.88. The first kappa shape index (κ1) is 9.18. The summed E-state index contributed by atoms with van der Waals surface area (Å²) in [6.45, 7) is 2.02. The van der Waals surface area contributed by atoms with Crippen LogP contribution in [0.25, 0.3) is 0 Å².